The molecule has 0 spiro atoms. The van der Waals surface area contributed by atoms with Crippen molar-refractivity contribution >= 4 is 22.7 Å². The van der Waals surface area contributed by atoms with Gasteiger partial charge in [-0.15, -0.1) is 0 Å². The average Bonchev–Trinajstić information content (AvgIpc) is 2.92. The van der Waals surface area contributed by atoms with E-state index in [0.717, 1.165) is 24.3 Å². The lowest BCUT2D eigenvalue weighted by atomic mass is 9.93. The monoisotopic (exact) mass is 404 g/mol. The van der Waals surface area contributed by atoms with Crippen LogP contribution in [0.15, 0.2) is 30.3 Å². The summed E-state index contributed by atoms with van der Waals surface area (Å²) in [5.74, 6) is -5.18. The minimum atomic E-state index is -1.18. The highest BCUT2D eigenvalue weighted by molar-refractivity contribution is 6.04. The number of carbonyl (C=O) groups is 2. The maximum Gasteiger partial charge on any atom is 0.262 e. The van der Waals surface area contributed by atoms with Gasteiger partial charge >= 0.3 is 0 Å². The van der Waals surface area contributed by atoms with Gasteiger partial charge in [-0.05, 0) is 49.1 Å². The molecule has 0 aliphatic heterocycles. The molecular formula is C21H19F3N2O3. The fourth-order valence-electron chi connectivity index (χ4n) is 3.59. The molecule has 0 fully saturated rings. The molecular weight excluding hydrogens is 385 g/mol. The molecule has 3 rings (SSSR count). The number of phenols is 1. The predicted octanol–water partition coefficient (Wildman–Crippen LogP) is 4.13. The second-order valence-corrected chi connectivity index (χ2v) is 7.00. The summed E-state index contributed by atoms with van der Waals surface area (Å²) in [5.41, 5.74) is 6.35. The third kappa shape index (κ3) is 3.70. The number of nitrogens with zero attached hydrogens (tertiary/aromatic N) is 1. The normalized spacial score (nSPS) is 12.3. The van der Waals surface area contributed by atoms with Gasteiger partial charge in [-0.25, -0.2) is 13.2 Å². The predicted molar refractivity (Wildman–Crippen MR) is 101 cm³/mol. The number of phenolic OH excluding ortho intramolecular Hbond substituents is 1. The Kier molecular flexibility index (Phi) is 5.37. The van der Waals surface area contributed by atoms with E-state index in [-0.39, 0.29) is 23.4 Å². The molecule has 0 unspecified atom stereocenters. The van der Waals surface area contributed by atoms with E-state index in [1.54, 1.807) is 6.92 Å². The number of nitrogens with two attached hydrogens (primary N) is 1. The molecule has 3 aromatic rings. The zero-order valence-corrected chi connectivity index (χ0v) is 15.8. The molecule has 29 heavy (non-hydrogen) atoms. The minimum absolute atomic E-state index is 0.109. The Morgan fingerprint density at radius 3 is 2.41 bits per heavy atom. The van der Waals surface area contributed by atoms with Crippen molar-refractivity contribution in [3.8, 4) is 5.75 Å². The van der Waals surface area contributed by atoms with Crippen LogP contribution in [0.25, 0.3) is 10.9 Å². The quantitative estimate of drug-likeness (QED) is 0.671. The van der Waals surface area contributed by atoms with E-state index in [9.17, 15) is 27.9 Å². The number of primary amides is 1. The summed E-state index contributed by atoms with van der Waals surface area (Å²) >= 11 is 0. The van der Waals surface area contributed by atoms with E-state index in [0.29, 0.717) is 23.1 Å². The van der Waals surface area contributed by atoms with Gasteiger partial charge < -0.3 is 10.8 Å². The summed E-state index contributed by atoms with van der Waals surface area (Å²) in [5, 5.41) is 10.3. The standard InChI is InChI=1S/C21H19F3N2O3/c1-10(3-6-19(25)28)20-11(2)26(17-9-16(24)18(27)8-13(17)20)21(29)12-4-5-14(22)15(23)7-12/h4-5,7-10,27H,3,6H2,1-2H3,(H2,25,28)/t10-/m0/s1. The van der Waals surface area contributed by atoms with Gasteiger partial charge in [-0.3, -0.25) is 14.2 Å². The zero-order valence-electron chi connectivity index (χ0n) is 15.8. The fourth-order valence-corrected chi connectivity index (χ4v) is 3.59. The molecule has 1 atom stereocenters. The number of hydrogen-bond acceptors (Lipinski definition) is 3. The third-order valence-corrected chi connectivity index (χ3v) is 5.01. The van der Waals surface area contributed by atoms with Crippen LogP contribution in [-0.2, 0) is 4.79 Å². The van der Waals surface area contributed by atoms with Crippen LogP contribution in [0.5, 0.6) is 5.75 Å². The lowest BCUT2D eigenvalue weighted by molar-refractivity contribution is -0.118. The number of benzene rings is 2. The van der Waals surface area contributed by atoms with Crippen LogP contribution < -0.4 is 5.73 Å². The molecule has 2 aromatic carbocycles. The van der Waals surface area contributed by atoms with Gasteiger partial charge in [0.15, 0.2) is 23.2 Å². The fraction of sp³-hybridized carbons (Fsp3) is 0.238. The summed E-state index contributed by atoms with van der Waals surface area (Å²) in [6.07, 6.45) is 0.490. The number of fused-ring (bicyclic) bond motifs is 1. The van der Waals surface area contributed by atoms with Crippen LogP contribution in [-0.4, -0.2) is 21.5 Å². The number of halogens is 3. The van der Waals surface area contributed by atoms with E-state index in [2.05, 4.69) is 0 Å². The van der Waals surface area contributed by atoms with Crippen molar-refractivity contribution < 1.29 is 27.9 Å². The van der Waals surface area contributed by atoms with Gasteiger partial charge in [0, 0.05) is 29.1 Å². The highest BCUT2D eigenvalue weighted by Crippen LogP contribution is 2.37. The van der Waals surface area contributed by atoms with Gasteiger partial charge in [0.1, 0.15) is 0 Å². The van der Waals surface area contributed by atoms with Gasteiger partial charge in [0.05, 0.1) is 5.52 Å². The molecule has 0 bridgehead atoms. The molecule has 0 saturated carbocycles. The molecule has 1 amide bonds. The largest absolute Gasteiger partial charge is 0.505 e. The van der Waals surface area contributed by atoms with E-state index < -0.39 is 35.0 Å². The van der Waals surface area contributed by atoms with Crippen molar-refractivity contribution in [3.63, 3.8) is 0 Å². The number of carbonyl (C=O) groups excluding carboxylic acids is 2. The van der Waals surface area contributed by atoms with E-state index in [1.807, 2.05) is 6.92 Å². The Morgan fingerprint density at radius 1 is 1.10 bits per heavy atom. The van der Waals surface area contributed by atoms with E-state index in [1.165, 1.54) is 10.6 Å². The van der Waals surface area contributed by atoms with Gasteiger partial charge in [-0.1, -0.05) is 6.92 Å². The molecule has 3 N–H and O–H groups in total. The molecule has 0 aliphatic rings. The van der Waals surface area contributed by atoms with Crippen molar-refractivity contribution in [2.75, 3.05) is 0 Å². The molecule has 5 nitrogen and oxygen atoms in total. The summed E-state index contributed by atoms with van der Waals surface area (Å²) in [4.78, 5) is 24.2. The van der Waals surface area contributed by atoms with Crippen molar-refractivity contribution in [3.05, 3.63) is 64.6 Å². The molecule has 1 heterocycles. The number of amides is 1. The van der Waals surface area contributed by atoms with Crippen LogP contribution in [0, 0.1) is 24.4 Å². The van der Waals surface area contributed by atoms with Crippen molar-refractivity contribution in [1.29, 1.82) is 0 Å². The van der Waals surface area contributed by atoms with E-state index in [4.69, 9.17) is 5.73 Å². The van der Waals surface area contributed by atoms with Gasteiger partial charge in [0.25, 0.3) is 5.91 Å². The summed E-state index contributed by atoms with van der Waals surface area (Å²) in [6, 6.07) is 4.98. The Labute approximate surface area is 164 Å². The Morgan fingerprint density at radius 2 is 1.79 bits per heavy atom. The molecule has 0 saturated heterocycles. The van der Waals surface area contributed by atoms with E-state index >= 15 is 0 Å². The molecule has 1 aromatic heterocycles. The number of hydrogen-bond donors (Lipinski definition) is 2. The van der Waals surface area contributed by atoms with Crippen LogP contribution in [0.4, 0.5) is 13.2 Å². The zero-order chi connectivity index (χ0) is 21.5. The second-order valence-electron chi connectivity index (χ2n) is 7.00. The number of rotatable bonds is 5. The lowest BCUT2D eigenvalue weighted by Gasteiger charge is -2.12. The third-order valence-electron chi connectivity index (χ3n) is 5.01. The first-order chi connectivity index (χ1) is 13.6. The maximum atomic E-state index is 14.1. The molecule has 0 radical (unpaired) electrons. The lowest BCUT2D eigenvalue weighted by Crippen LogP contribution is -2.15. The van der Waals surface area contributed by atoms with Crippen LogP contribution in [0.3, 0.4) is 0 Å². The van der Waals surface area contributed by atoms with Crippen molar-refractivity contribution in [1.82, 2.24) is 4.57 Å². The summed E-state index contributed by atoms with van der Waals surface area (Å²) in [6.45, 7) is 3.44. The SMILES string of the molecule is Cc1c([C@@H](C)CCC(N)=O)c2cc(O)c(F)cc2n1C(=O)c1ccc(F)c(F)c1. The topological polar surface area (TPSA) is 85.3 Å². The second kappa shape index (κ2) is 7.62. The molecule has 0 aliphatic carbocycles. The minimum Gasteiger partial charge on any atom is -0.505 e. The smallest absolute Gasteiger partial charge is 0.262 e. The Hall–Kier alpha value is -3.29. The van der Waals surface area contributed by atoms with Crippen molar-refractivity contribution in [2.24, 2.45) is 5.73 Å². The Bertz CT molecular complexity index is 1140. The number of aromatic hydroxyl groups is 1. The van der Waals surface area contributed by atoms with Crippen LogP contribution in [0.2, 0.25) is 0 Å². The van der Waals surface area contributed by atoms with Crippen molar-refractivity contribution in [2.45, 2.75) is 32.6 Å². The van der Waals surface area contributed by atoms with Gasteiger partial charge in [-0.2, -0.15) is 0 Å². The first-order valence-electron chi connectivity index (χ1n) is 8.93. The highest BCUT2D eigenvalue weighted by Gasteiger charge is 2.25. The Balaban J connectivity index is 2.22. The first-order valence-corrected chi connectivity index (χ1v) is 8.93. The molecule has 152 valence electrons. The first kappa shape index (κ1) is 20.4. The summed E-state index contributed by atoms with van der Waals surface area (Å²) < 4.78 is 42.1. The van der Waals surface area contributed by atoms with Gasteiger partial charge in [0.2, 0.25) is 5.91 Å². The highest BCUT2D eigenvalue weighted by atomic mass is 19.2. The molecule has 8 heteroatoms. The van der Waals surface area contributed by atoms with Crippen LogP contribution >= 0.6 is 0 Å². The maximum absolute atomic E-state index is 14.1. The van der Waals surface area contributed by atoms with Crippen LogP contribution in [0.1, 0.15) is 47.3 Å². The summed E-state index contributed by atoms with van der Waals surface area (Å²) in [7, 11) is 0. The number of aromatic nitrogens is 1. The average molecular weight is 404 g/mol.